The summed E-state index contributed by atoms with van der Waals surface area (Å²) in [6, 6.07) is 20.7. The number of benzene rings is 2. The summed E-state index contributed by atoms with van der Waals surface area (Å²) in [4.78, 5) is 0. The zero-order chi connectivity index (χ0) is 13.5. The third-order valence-electron chi connectivity index (χ3n) is 2.69. The molecule has 3 heteroatoms. The van der Waals surface area contributed by atoms with Crippen LogP contribution in [0.2, 0.25) is 0 Å². The van der Waals surface area contributed by atoms with Crippen LogP contribution >= 0.6 is 0 Å². The van der Waals surface area contributed by atoms with Gasteiger partial charge in [-0.05, 0) is 23.8 Å². The number of nitrogens with zero attached hydrogens (tertiary/aromatic N) is 2. The zero-order valence-corrected chi connectivity index (χ0v) is 10.3. The molecule has 2 rings (SSSR count). The lowest BCUT2D eigenvalue weighted by atomic mass is 10.1. The van der Waals surface area contributed by atoms with Crippen LogP contribution in [0.25, 0.3) is 0 Å². The van der Waals surface area contributed by atoms with Gasteiger partial charge in [0.2, 0.25) is 0 Å². The van der Waals surface area contributed by atoms with Crippen LogP contribution in [0.5, 0.6) is 5.75 Å². The average Bonchev–Trinajstić information content (AvgIpc) is 2.48. The second kappa shape index (κ2) is 6.23. The van der Waals surface area contributed by atoms with E-state index in [0.717, 1.165) is 5.56 Å². The van der Waals surface area contributed by atoms with Crippen LogP contribution in [0.15, 0.2) is 54.6 Å². The fourth-order valence-corrected chi connectivity index (χ4v) is 1.78. The molecule has 1 unspecified atom stereocenters. The minimum Gasteiger partial charge on any atom is -0.485 e. The molecule has 19 heavy (non-hydrogen) atoms. The highest BCUT2D eigenvalue weighted by molar-refractivity contribution is 5.36. The first kappa shape index (κ1) is 12.7. The molecular formula is C16H12N2O. The number of hydrogen-bond acceptors (Lipinski definition) is 3. The third kappa shape index (κ3) is 3.34. The van der Waals surface area contributed by atoms with E-state index in [0.29, 0.717) is 11.3 Å². The van der Waals surface area contributed by atoms with E-state index >= 15 is 0 Å². The Morgan fingerprint density at radius 3 is 2.47 bits per heavy atom. The molecule has 0 aromatic heterocycles. The fourth-order valence-electron chi connectivity index (χ4n) is 1.78. The van der Waals surface area contributed by atoms with Crippen LogP contribution < -0.4 is 4.74 Å². The maximum atomic E-state index is 8.89. The molecule has 0 N–H and O–H groups in total. The van der Waals surface area contributed by atoms with Crippen LogP contribution in [-0.4, -0.2) is 0 Å². The van der Waals surface area contributed by atoms with Gasteiger partial charge in [0.1, 0.15) is 11.9 Å². The van der Waals surface area contributed by atoms with Gasteiger partial charge in [-0.25, -0.2) is 0 Å². The van der Waals surface area contributed by atoms with E-state index in [9.17, 15) is 0 Å². The standard InChI is InChI=1S/C16H12N2O/c17-10-9-16(14-6-2-1-3-7-14)19-15-8-4-5-13(11-15)12-18/h1-8,11,16H,9H2. The summed E-state index contributed by atoms with van der Waals surface area (Å²) in [6.07, 6.45) is -0.0546. The van der Waals surface area contributed by atoms with Gasteiger partial charge in [-0.1, -0.05) is 36.4 Å². The van der Waals surface area contributed by atoms with Crippen molar-refractivity contribution in [2.75, 3.05) is 0 Å². The van der Waals surface area contributed by atoms with Gasteiger partial charge < -0.3 is 4.74 Å². The second-order valence-electron chi connectivity index (χ2n) is 4.02. The second-order valence-corrected chi connectivity index (χ2v) is 4.02. The van der Waals surface area contributed by atoms with E-state index in [1.165, 1.54) is 0 Å². The van der Waals surface area contributed by atoms with Gasteiger partial charge in [0.05, 0.1) is 24.1 Å². The van der Waals surface area contributed by atoms with E-state index in [1.807, 2.05) is 30.3 Å². The Kier molecular flexibility index (Phi) is 4.16. The van der Waals surface area contributed by atoms with E-state index < -0.39 is 0 Å². The fraction of sp³-hybridized carbons (Fsp3) is 0.125. The number of rotatable bonds is 4. The highest BCUT2D eigenvalue weighted by Gasteiger charge is 2.12. The molecule has 0 saturated heterocycles. The van der Waals surface area contributed by atoms with Crippen molar-refractivity contribution >= 4 is 0 Å². The summed E-state index contributed by atoms with van der Waals surface area (Å²) in [5, 5.41) is 17.8. The topological polar surface area (TPSA) is 56.8 Å². The largest absolute Gasteiger partial charge is 0.485 e. The van der Waals surface area contributed by atoms with Gasteiger partial charge >= 0.3 is 0 Å². The summed E-state index contributed by atoms with van der Waals surface area (Å²) >= 11 is 0. The summed E-state index contributed by atoms with van der Waals surface area (Å²) in [7, 11) is 0. The maximum absolute atomic E-state index is 8.89. The first-order valence-electron chi connectivity index (χ1n) is 5.92. The molecule has 2 aromatic rings. The van der Waals surface area contributed by atoms with Crippen molar-refractivity contribution in [3.63, 3.8) is 0 Å². The molecule has 2 aromatic carbocycles. The van der Waals surface area contributed by atoms with Gasteiger partial charge in [0, 0.05) is 0 Å². The predicted molar refractivity (Wildman–Crippen MR) is 71.2 cm³/mol. The number of ether oxygens (including phenoxy) is 1. The normalized spacial score (nSPS) is 11.1. The van der Waals surface area contributed by atoms with E-state index in [2.05, 4.69) is 12.1 Å². The Labute approximate surface area is 112 Å². The molecule has 0 saturated carbocycles. The summed E-state index contributed by atoms with van der Waals surface area (Å²) in [5.41, 5.74) is 1.49. The SMILES string of the molecule is N#CCC(Oc1cccc(C#N)c1)c1ccccc1. The van der Waals surface area contributed by atoms with Gasteiger partial charge in [-0.15, -0.1) is 0 Å². The van der Waals surface area contributed by atoms with E-state index in [-0.39, 0.29) is 12.5 Å². The van der Waals surface area contributed by atoms with E-state index in [1.54, 1.807) is 24.3 Å². The zero-order valence-electron chi connectivity index (χ0n) is 10.3. The first-order chi connectivity index (χ1) is 9.33. The Morgan fingerprint density at radius 2 is 1.79 bits per heavy atom. The van der Waals surface area contributed by atoms with Crippen LogP contribution in [0.1, 0.15) is 23.7 Å². The molecule has 0 spiro atoms. The molecule has 1 atom stereocenters. The molecule has 0 aliphatic rings. The quantitative estimate of drug-likeness (QED) is 0.830. The number of nitriles is 2. The molecule has 0 heterocycles. The minimum absolute atomic E-state index is 0.265. The molecule has 3 nitrogen and oxygen atoms in total. The van der Waals surface area contributed by atoms with Gasteiger partial charge in [0.15, 0.2) is 0 Å². The first-order valence-corrected chi connectivity index (χ1v) is 5.92. The van der Waals surface area contributed by atoms with Crippen molar-refractivity contribution < 1.29 is 4.74 Å². The van der Waals surface area contributed by atoms with Crippen molar-refractivity contribution in [1.82, 2.24) is 0 Å². The van der Waals surface area contributed by atoms with Crippen molar-refractivity contribution in [2.45, 2.75) is 12.5 Å². The van der Waals surface area contributed by atoms with Crippen molar-refractivity contribution in [3.8, 4) is 17.9 Å². The Bertz CT molecular complexity index is 623. The molecule has 0 aliphatic heterocycles. The predicted octanol–water partition coefficient (Wildman–Crippen LogP) is 3.59. The molecule has 0 bridgehead atoms. The molecular weight excluding hydrogens is 236 g/mol. The molecule has 92 valence electrons. The van der Waals surface area contributed by atoms with Gasteiger partial charge in [-0.2, -0.15) is 10.5 Å². The lowest BCUT2D eigenvalue weighted by molar-refractivity contribution is 0.211. The highest BCUT2D eigenvalue weighted by atomic mass is 16.5. The average molecular weight is 248 g/mol. The summed E-state index contributed by atoms with van der Waals surface area (Å²) in [6.45, 7) is 0. The summed E-state index contributed by atoms with van der Waals surface area (Å²) in [5.74, 6) is 0.600. The van der Waals surface area contributed by atoms with Gasteiger partial charge in [0.25, 0.3) is 0 Å². The van der Waals surface area contributed by atoms with E-state index in [4.69, 9.17) is 15.3 Å². The minimum atomic E-state index is -0.319. The lowest BCUT2D eigenvalue weighted by Crippen LogP contribution is -2.06. The van der Waals surface area contributed by atoms with Crippen LogP contribution in [-0.2, 0) is 0 Å². The molecule has 0 amide bonds. The monoisotopic (exact) mass is 248 g/mol. The van der Waals surface area contributed by atoms with Crippen LogP contribution in [0.3, 0.4) is 0 Å². The molecule has 0 fully saturated rings. The van der Waals surface area contributed by atoms with Gasteiger partial charge in [-0.3, -0.25) is 0 Å². The molecule has 0 aliphatic carbocycles. The Balaban J connectivity index is 2.22. The highest BCUT2D eigenvalue weighted by Crippen LogP contribution is 2.24. The summed E-state index contributed by atoms with van der Waals surface area (Å²) < 4.78 is 5.81. The lowest BCUT2D eigenvalue weighted by Gasteiger charge is -2.17. The number of hydrogen-bond donors (Lipinski definition) is 0. The maximum Gasteiger partial charge on any atom is 0.137 e. The van der Waals surface area contributed by atoms with Crippen LogP contribution in [0, 0.1) is 22.7 Å². The smallest absolute Gasteiger partial charge is 0.137 e. The Hall–Kier alpha value is -2.78. The van der Waals surface area contributed by atoms with Crippen molar-refractivity contribution in [3.05, 3.63) is 65.7 Å². The van der Waals surface area contributed by atoms with Crippen molar-refractivity contribution in [2.24, 2.45) is 0 Å². The van der Waals surface area contributed by atoms with Crippen molar-refractivity contribution in [1.29, 1.82) is 10.5 Å². The Morgan fingerprint density at radius 1 is 1.00 bits per heavy atom. The van der Waals surface area contributed by atoms with Crippen LogP contribution in [0.4, 0.5) is 0 Å². The third-order valence-corrected chi connectivity index (χ3v) is 2.69. The molecule has 0 radical (unpaired) electrons.